The van der Waals surface area contributed by atoms with E-state index in [1.54, 1.807) is 19.9 Å². The topological polar surface area (TPSA) is 111 Å². The molecule has 0 fully saturated rings. The molecule has 1 aromatic carbocycles. The van der Waals surface area contributed by atoms with Gasteiger partial charge in [0, 0.05) is 11.6 Å². The molecule has 1 heterocycles. The van der Waals surface area contributed by atoms with Crippen molar-refractivity contribution in [2.45, 2.75) is 13.8 Å². The molecule has 0 saturated heterocycles. The zero-order valence-electron chi connectivity index (χ0n) is 10.2. The third-order valence-corrected chi connectivity index (χ3v) is 2.67. The number of carboxylic acid groups (broad SMARTS) is 1. The summed E-state index contributed by atoms with van der Waals surface area (Å²) in [5.41, 5.74) is 1.43. The number of carbonyl (C=O) groups is 1. The minimum absolute atomic E-state index is 0.0482. The van der Waals surface area contributed by atoms with Gasteiger partial charge in [-0.2, -0.15) is 0 Å². The smallest absolute Gasteiger partial charge is 0.358 e. The number of nitro groups is 1. The van der Waals surface area contributed by atoms with Gasteiger partial charge in [0.2, 0.25) is 0 Å². The van der Waals surface area contributed by atoms with Crippen molar-refractivity contribution in [3.05, 3.63) is 45.3 Å². The van der Waals surface area contributed by atoms with Crippen molar-refractivity contribution < 1.29 is 14.8 Å². The van der Waals surface area contributed by atoms with Gasteiger partial charge < -0.3 is 5.11 Å². The SMILES string of the molecule is Cc1cc(C)c([N+](=O)[O-])cc1-n1cc(C(=O)O)nn1. The molecule has 2 aromatic rings. The van der Waals surface area contributed by atoms with Crippen LogP contribution in [0.2, 0.25) is 0 Å². The van der Waals surface area contributed by atoms with Gasteiger partial charge in [0.15, 0.2) is 5.69 Å². The van der Waals surface area contributed by atoms with E-state index < -0.39 is 10.9 Å². The van der Waals surface area contributed by atoms with Gasteiger partial charge in [0.05, 0.1) is 16.8 Å². The summed E-state index contributed by atoms with van der Waals surface area (Å²) in [6, 6.07) is 3.00. The first-order chi connectivity index (χ1) is 8.90. The van der Waals surface area contributed by atoms with Crippen molar-refractivity contribution in [2.24, 2.45) is 0 Å². The molecule has 2 rings (SSSR count). The maximum atomic E-state index is 10.9. The summed E-state index contributed by atoms with van der Waals surface area (Å²) in [4.78, 5) is 21.1. The van der Waals surface area contributed by atoms with Crippen LogP contribution in [0, 0.1) is 24.0 Å². The normalized spacial score (nSPS) is 10.4. The maximum Gasteiger partial charge on any atom is 0.358 e. The fraction of sp³-hybridized carbons (Fsp3) is 0.182. The molecule has 0 spiro atoms. The molecule has 0 aliphatic heterocycles. The molecular formula is C11H10N4O4. The lowest BCUT2D eigenvalue weighted by atomic mass is 10.1. The third-order valence-electron chi connectivity index (χ3n) is 2.67. The Morgan fingerprint density at radius 3 is 2.58 bits per heavy atom. The molecule has 0 amide bonds. The van der Waals surface area contributed by atoms with Crippen LogP contribution in [0.25, 0.3) is 5.69 Å². The van der Waals surface area contributed by atoms with E-state index in [1.807, 2.05) is 0 Å². The minimum Gasteiger partial charge on any atom is -0.476 e. The van der Waals surface area contributed by atoms with E-state index in [0.29, 0.717) is 11.3 Å². The molecule has 8 heteroatoms. The lowest BCUT2D eigenvalue weighted by Crippen LogP contribution is -2.01. The van der Waals surface area contributed by atoms with Crippen molar-refractivity contribution in [3.63, 3.8) is 0 Å². The number of nitro benzene ring substituents is 1. The van der Waals surface area contributed by atoms with Crippen LogP contribution in [-0.2, 0) is 0 Å². The summed E-state index contributed by atoms with van der Waals surface area (Å²) in [6.07, 6.45) is 1.21. The van der Waals surface area contributed by atoms with E-state index in [2.05, 4.69) is 10.3 Å². The molecule has 98 valence electrons. The molecule has 0 atom stereocenters. The second-order valence-electron chi connectivity index (χ2n) is 4.04. The molecule has 0 bridgehead atoms. The summed E-state index contributed by atoms with van der Waals surface area (Å²) in [6.45, 7) is 3.40. The first-order valence-electron chi connectivity index (χ1n) is 5.32. The van der Waals surface area contributed by atoms with Crippen molar-refractivity contribution >= 4 is 11.7 Å². The number of hydrogen-bond donors (Lipinski definition) is 1. The molecule has 1 aromatic heterocycles. The third kappa shape index (κ3) is 2.28. The van der Waals surface area contributed by atoms with Gasteiger partial charge in [-0.1, -0.05) is 5.21 Å². The van der Waals surface area contributed by atoms with Crippen LogP contribution in [0.1, 0.15) is 21.6 Å². The zero-order chi connectivity index (χ0) is 14.2. The molecule has 0 aliphatic rings. The van der Waals surface area contributed by atoms with Crippen LogP contribution in [0.15, 0.2) is 18.3 Å². The van der Waals surface area contributed by atoms with Crippen LogP contribution < -0.4 is 0 Å². The first-order valence-corrected chi connectivity index (χ1v) is 5.32. The van der Waals surface area contributed by atoms with Crippen LogP contribution in [-0.4, -0.2) is 31.0 Å². The summed E-state index contributed by atoms with van der Waals surface area (Å²) in [7, 11) is 0. The van der Waals surface area contributed by atoms with Gasteiger partial charge in [-0.15, -0.1) is 5.10 Å². The Morgan fingerprint density at radius 1 is 1.37 bits per heavy atom. The second kappa shape index (κ2) is 4.48. The first kappa shape index (κ1) is 12.7. The fourth-order valence-corrected chi connectivity index (χ4v) is 1.75. The lowest BCUT2D eigenvalue weighted by molar-refractivity contribution is -0.385. The Morgan fingerprint density at radius 2 is 2.05 bits per heavy atom. The van der Waals surface area contributed by atoms with Gasteiger partial charge in [0.25, 0.3) is 5.69 Å². The highest BCUT2D eigenvalue weighted by atomic mass is 16.6. The Hall–Kier alpha value is -2.77. The second-order valence-corrected chi connectivity index (χ2v) is 4.04. The number of benzene rings is 1. The molecule has 8 nitrogen and oxygen atoms in total. The predicted molar refractivity (Wildman–Crippen MR) is 64.4 cm³/mol. The van der Waals surface area contributed by atoms with E-state index >= 15 is 0 Å². The van der Waals surface area contributed by atoms with Gasteiger partial charge in [0.1, 0.15) is 0 Å². The number of aromatic carboxylic acids is 1. The van der Waals surface area contributed by atoms with E-state index in [4.69, 9.17) is 5.11 Å². The summed E-state index contributed by atoms with van der Waals surface area (Å²) in [5.74, 6) is -1.20. The Bertz CT molecular complexity index is 677. The summed E-state index contributed by atoms with van der Waals surface area (Å²) < 4.78 is 1.21. The van der Waals surface area contributed by atoms with E-state index in [-0.39, 0.29) is 11.4 Å². The minimum atomic E-state index is -1.20. The summed E-state index contributed by atoms with van der Waals surface area (Å²) >= 11 is 0. The van der Waals surface area contributed by atoms with Gasteiger partial charge >= 0.3 is 5.97 Å². The number of nitrogens with zero attached hydrogens (tertiary/aromatic N) is 4. The van der Waals surface area contributed by atoms with Crippen LogP contribution >= 0.6 is 0 Å². The zero-order valence-corrected chi connectivity index (χ0v) is 10.2. The number of rotatable bonds is 3. The number of aromatic nitrogens is 3. The van der Waals surface area contributed by atoms with E-state index in [0.717, 1.165) is 5.56 Å². The predicted octanol–water partition coefficient (Wildman–Crippen LogP) is 1.49. The molecule has 19 heavy (non-hydrogen) atoms. The number of hydrogen-bond acceptors (Lipinski definition) is 5. The number of aryl methyl sites for hydroxylation is 2. The average Bonchev–Trinajstić information content (AvgIpc) is 2.77. The van der Waals surface area contributed by atoms with Crippen molar-refractivity contribution in [1.82, 2.24) is 15.0 Å². The largest absolute Gasteiger partial charge is 0.476 e. The molecule has 0 aliphatic carbocycles. The highest BCUT2D eigenvalue weighted by Crippen LogP contribution is 2.24. The van der Waals surface area contributed by atoms with Gasteiger partial charge in [-0.05, 0) is 25.5 Å². The Labute approximate surface area is 107 Å². The molecule has 1 N–H and O–H groups in total. The molecular weight excluding hydrogens is 252 g/mol. The maximum absolute atomic E-state index is 10.9. The molecule has 0 unspecified atom stereocenters. The van der Waals surface area contributed by atoms with Gasteiger partial charge in [-0.3, -0.25) is 10.1 Å². The lowest BCUT2D eigenvalue weighted by Gasteiger charge is -2.06. The standard InChI is InChI=1S/C11H10N4O4/c1-6-3-7(2)10(15(18)19)4-9(6)14-5-8(11(16)17)12-13-14/h3-5H,1-2H3,(H,16,17). The van der Waals surface area contributed by atoms with Crippen molar-refractivity contribution in [2.75, 3.05) is 0 Å². The Balaban J connectivity index is 2.57. The van der Waals surface area contributed by atoms with Crippen LogP contribution in [0.5, 0.6) is 0 Å². The van der Waals surface area contributed by atoms with Crippen LogP contribution in [0.4, 0.5) is 5.69 Å². The molecule has 0 radical (unpaired) electrons. The highest BCUT2D eigenvalue weighted by Gasteiger charge is 2.16. The summed E-state index contributed by atoms with van der Waals surface area (Å²) in [5, 5.41) is 26.8. The van der Waals surface area contributed by atoms with E-state index in [1.165, 1.54) is 16.9 Å². The van der Waals surface area contributed by atoms with E-state index in [9.17, 15) is 14.9 Å². The van der Waals surface area contributed by atoms with Crippen molar-refractivity contribution in [1.29, 1.82) is 0 Å². The van der Waals surface area contributed by atoms with Crippen LogP contribution in [0.3, 0.4) is 0 Å². The molecule has 0 saturated carbocycles. The number of carboxylic acids is 1. The fourth-order valence-electron chi connectivity index (χ4n) is 1.75. The highest BCUT2D eigenvalue weighted by molar-refractivity contribution is 5.84. The monoisotopic (exact) mass is 262 g/mol. The Kier molecular flexibility index (Phi) is 2.99. The van der Waals surface area contributed by atoms with Crippen molar-refractivity contribution in [3.8, 4) is 5.69 Å². The average molecular weight is 262 g/mol. The van der Waals surface area contributed by atoms with Gasteiger partial charge in [-0.25, -0.2) is 9.48 Å². The quantitative estimate of drug-likeness (QED) is 0.662.